The Morgan fingerprint density at radius 1 is 1.08 bits per heavy atom. The van der Waals surface area contributed by atoms with Gasteiger partial charge in [0.05, 0.1) is 28.4 Å². The van der Waals surface area contributed by atoms with Crippen LogP contribution in [-0.2, 0) is 22.0 Å². The predicted molar refractivity (Wildman–Crippen MR) is 157 cm³/mol. The van der Waals surface area contributed by atoms with Crippen LogP contribution in [0.1, 0.15) is 36.2 Å². The van der Waals surface area contributed by atoms with Crippen LogP contribution in [0.3, 0.4) is 0 Å². The highest BCUT2D eigenvalue weighted by Gasteiger charge is 2.30. The highest BCUT2D eigenvalue weighted by Crippen LogP contribution is 2.37. The molecule has 0 unspecified atom stereocenters. The van der Waals surface area contributed by atoms with Gasteiger partial charge in [0.15, 0.2) is 5.75 Å². The molecular formula is C24H20B4Cl2N4O4S. The second kappa shape index (κ2) is 12.2. The first kappa shape index (κ1) is 30.7. The molecule has 0 saturated carbocycles. The van der Waals surface area contributed by atoms with Gasteiger partial charge in [-0.2, -0.15) is 5.26 Å². The number of nitrogens with zero attached hydrogens (tertiary/aromatic N) is 3. The number of halogens is 2. The normalized spacial score (nSPS) is 11.6. The molecule has 0 aliphatic carbocycles. The van der Waals surface area contributed by atoms with Gasteiger partial charge in [-0.1, -0.05) is 52.9 Å². The number of ether oxygens (including phenoxy) is 2. The van der Waals surface area contributed by atoms with E-state index in [2.05, 4.69) is 20.8 Å². The monoisotopic (exact) mass is 574 g/mol. The zero-order valence-corrected chi connectivity index (χ0v) is 23.7. The van der Waals surface area contributed by atoms with E-state index in [1.165, 1.54) is 12.3 Å². The SMILES string of the molecule is [B]c1c([B])c(C(C)(C)c2cc(Cl)c(OCCCl)c(C#N)c2)c([B])c([B])c1OCc1ccnc(NS(C)(=O)=O)n1. The Hall–Kier alpha value is -2.80. The third kappa shape index (κ3) is 6.86. The van der Waals surface area contributed by atoms with Crippen molar-refractivity contribution in [1.29, 1.82) is 5.26 Å². The minimum Gasteiger partial charge on any atom is -0.489 e. The van der Waals surface area contributed by atoms with Crippen LogP contribution in [0, 0.1) is 11.3 Å². The molecule has 1 N–H and O–H groups in total. The first-order chi connectivity index (χ1) is 18.2. The van der Waals surface area contributed by atoms with Gasteiger partial charge in [-0.15, -0.1) is 11.6 Å². The predicted octanol–water partition coefficient (Wildman–Crippen LogP) is 0.0709. The number of aromatic nitrogens is 2. The van der Waals surface area contributed by atoms with Crippen molar-refractivity contribution >= 4 is 92.4 Å². The lowest BCUT2D eigenvalue weighted by molar-refractivity contribution is 0.306. The van der Waals surface area contributed by atoms with Crippen LogP contribution >= 0.6 is 23.2 Å². The Labute approximate surface area is 243 Å². The Balaban J connectivity index is 2.00. The van der Waals surface area contributed by atoms with E-state index in [1.54, 1.807) is 12.1 Å². The van der Waals surface area contributed by atoms with Gasteiger partial charge in [0, 0.05) is 11.6 Å². The zero-order valence-electron chi connectivity index (χ0n) is 21.4. The molecule has 192 valence electrons. The summed E-state index contributed by atoms with van der Waals surface area (Å²) in [6.07, 6.45) is 2.35. The summed E-state index contributed by atoms with van der Waals surface area (Å²) in [7, 11) is 22.1. The van der Waals surface area contributed by atoms with Gasteiger partial charge in [-0.25, -0.2) is 18.4 Å². The maximum absolute atomic E-state index is 11.5. The molecule has 0 bridgehead atoms. The van der Waals surface area contributed by atoms with E-state index in [1.807, 2.05) is 13.8 Å². The topological polar surface area (TPSA) is 114 Å². The zero-order chi connectivity index (χ0) is 29.1. The summed E-state index contributed by atoms with van der Waals surface area (Å²) in [5.41, 5.74) is 1.01. The van der Waals surface area contributed by atoms with Crippen molar-refractivity contribution in [3.63, 3.8) is 0 Å². The summed E-state index contributed by atoms with van der Waals surface area (Å²) in [4.78, 5) is 7.96. The van der Waals surface area contributed by atoms with Crippen molar-refractivity contribution in [2.45, 2.75) is 25.9 Å². The first-order valence-corrected chi connectivity index (χ1v) is 14.1. The fourth-order valence-electron chi connectivity index (χ4n) is 3.94. The molecule has 0 saturated heterocycles. The van der Waals surface area contributed by atoms with Crippen LogP contribution in [0.2, 0.25) is 5.02 Å². The lowest BCUT2D eigenvalue weighted by Crippen LogP contribution is -2.49. The average Bonchev–Trinajstić information content (AvgIpc) is 2.85. The molecule has 3 aromatic rings. The van der Waals surface area contributed by atoms with Crippen LogP contribution in [-0.4, -0.2) is 68.5 Å². The van der Waals surface area contributed by atoms with Crippen molar-refractivity contribution in [3.8, 4) is 17.6 Å². The molecule has 8 nitrogen and oxygen atoms in total. The van der Waals surface area contributed by atoms with Crippen molar-refractivity contribution in [2.24, 2.45) is 0 Å². The van der Waals surface area contributed by atoms with Gasteiger partial charge >= 0.3 is 0 Å². The van der Waals surface area contributed by atoms with Crippen molar-refractivity contribution in [3.05, 3.63) is 51.8 Å². The van der Waals surface area contributed by atoms with Crippen LogP contribution in [0.25, 0.3) is 0 Å². The van der Waals surface area contributed by atoms with E-state index in [4.69, 9.17) is 64.1 Å². The molecule has 0 spiro atoms. The summed E-state index contributed by atoms with van der Waals surface area (Å²) in [6, 6.07) is 6.89. The lowest BCUT2D eigenvalue weighted by Gasteiger charge is -2.34. The fraction of sp³-hybridized carbons (Fsp3) is 0.292. The minimum atomic E-state index is -3.57. The number of hydrogen-bond donors (Lipinski definition) is 1. The summed E-state index contributed by atoms with van der Waals surface area (Å²) >= 11 is 12.2. The number of sulfonamides is 1. The highest BCUT2D eigenvalue weighted by molar-refractivity contribution is 7.91. The molecule has 39 heavy (non-hydrogen) atoms. The maximum atomic E-state index is 11.5. The molecular weight excluding hydrogens is 555 g/mol. The van der Waals surface area contributed by atoms with Crippen LogP contribution in [0.15, 0.2) is 24.4 Å². The second-order valence-electron chi connectivity index (χ2n) is 9.00. The molecule has 2 aromatic carbocycles. The second-order valence-corrected chi connectivity index (χ2v) is 11.5. The van der Waals surface area contributed by atoms with Gasteiger partial charge in [0.1, 0.15) is 56.4 Å². The number of rotatable bonds is 10. The lowest BCUT2D eigenvalue weighted by atomic mass is 9.60. The van der Waals surface area contributed by atoms with E-state index in [-0.39, 0.29) is 69.0 Å². The fourth-order valence-corrected chi connectivity index (χ4v) is 4.72. The molecule has 0 aliphatic heterocycles. The van der Waals surface area contributed by atoms with Gasteiger partial charge < -0.3 is 9.47 Å². The Morgan fingerprint density at radius 3 is 2.28 bits per heavy atom. The van der Waals surface area contributed by atoms with Gasteiger partial charge in [0.2, 0.25) is 16.0 Å². The molecule has 0 fully saturated rings. The number of nitriles is 1. The Morgan fingerprint density at radius 2 is 1.72 bits per heavy atom. The number of benzene rings is 2. The molecule has 0 atom stereocenters. The summed E-state index contributed by atoms with van der Waals surface area (Å²) < 4.78 is 36.5. The van der Waals surface area contributed by atoms with E-state index < -0.39 is 15.4 Å². The molecule has 0 aliphatic rings. The Bertz CT molecular complexity index is 1540. The van der Waals surface area contributed by atoms with Gasteiger partial charge in [0.25, 0.3) is 0 Å². The van der Waals surface area contributed by atoms with Gasteiger partial charge in [-0.3, -0.25) is 4.72 Å². The van der Waals surface area contributed by atoms with Gasteiger partial charge in [-0.05, 0) is 23.8 Å². The summed E-state index contributed by atoms with van der Waals surface area (Å²) in [5, 5.41) is 9.91. The van der Waals surface area contributed by atoms with E-state index in [0.29, 0.717) is 16.8 Å². The standard InChI is InChI=1S/C24H20B4Cl2N4O4S/c1-24(2,13-8-12(10-31)21(15(30)9-13)37-7-5-29)16-17(25)19(27)22(20(28)18(16)26)38-11-14-4-6-32-23(33-14)34-39(3,35)36/h4,6,8-9H,5,7,11H2,1-3H3,(H,32,33,34). The molecule has 1 aromatic heterocycles. The van der Waals surface area contributed by atoms with Crippen molar-refractivity contribution < 1.29 is 17.9 Å². The highest BCUT2D eigenvalue weighted by atomic mass is 35.5. The number of nitrogens with one attached hydrogen (secondary N) is 1. The number of anilines is 1. The molecule has 8 radical (unpaired) electrons. The molecule has 15 heteroatoms. The number of alkyl halides is 1. The molecule has 0 amide bonds. The minimum absolute atomic E-state index is 0.0429. The van der Waals surface area contributed by atoms with E-state index >= 15 is 0 Å². The van der Waals surface area contributed by atoms with E-state index in [9.17, 15) is 13.7 Å². The van der Waals surface area contributed by atoms with E-state index in [0.717, 1.165) is 6.26 Å². The van der Waals surface area contributed by atoms with Crippen LogP contribution in [0.4, 0.5) is 5.95 Å². The van der Waals surface area contributed by atoms with Crippen molar-refractivity contribution in [1.82, 2.24) is 9.97 Å². The van der Waals surface area contributed by atoms with Crippen molar-refractivity contribution in [2.75, 3.05) is 23.5 Å². The average molecular weight is 575 g/mol. The number of hydrogen-bond acceptors (Lipinski definition) is 7. The molecule has 3 rings (SSSR count). The summed E-state index contributed by atoms with van der Waals surface area (Å²) in [5.74, 6) is 0.374. The quantitative estimate of drug-likeness (QED) is 0.269. The third-order valence-electron chi connectivity index (χ3n) is 5.80. The third-order valence-corrected chi connectivity index (χ3v) is 6.79. The largest absolute Gasteiger partial charge is 0.489 e. The summed E-state index contributed by atoms with van der Waals surface area (Å²) in [6.45, 7) is 3.70. The first-order valence-electron chi connectivity index (χ1n) is 11.3. The smallest absolute Gasteiger partial charge is 0.236 e. The Kier molecular flexibility index (Phi) is 9.58. The van der Waals surface area contributed by atoms with Crippen LogP contribution < -0.4 is 36.0 Å². The molecule has 1 heterocycles. The maximum Gasteiger partial charge on any atom is 0.236 e. The van der Waals surface area contributed by atoms with Crippen LogP contribution in [0.5, 0.6) is 11.5 Å².